The van der Waals surface area contributed by atoms with Gasteiger partial charge in [0.25, 0.3) is 0 Å². The zero-order valence-electron chi connectivity index (χ0n) is 18.5. The third-order valence-corrected chi connectivity index (χ3v) is 15.2. The number of halogens is 6. The van der Waals surface area contributed by atoms with Crippen LogP contribution in [-0.4, -0.2) is 12.0 Å². The summed E-state index contributed by atoms with van der Waals surface area (Å²) in [6.07, 6.45) is 13.7. The van der Waals surface area contributed by atoms with Crippen LogP contribution in [0, 0.1) is 23.7 Å². The van der Waals surface area contributed by atoms with Crippen LogP contribution in [0.5, 0.6) is 0 Å². The van der Waals surface area contributed by atoms with Crippen molar-refractivity contribution >= 4 is 78.5 Å². The van der Waals surface area contributed by atoms with E-state index in [-0.39, 0.29) is 0 Å². The average Bonchev–Trinajstić information content (AvgIpc) is 3.23. The molecule has 0 radical (unpaired) electrons. The van der Waals surface area contributed by atoms with E-state index in [1.165, 1.54) is 70.6 Å². The molecule has 0 saturated heterocycles. The van der Waals surface area contributed by atoms with Gasteiger partial charge >= 0.3 is 12.0 Å². The summed E-state index contributed by atoms with van der Waals surface area (Å²) in [5.41, 5.74) is 0.830. The van der Waals surface area contributed by atoms with Gasteiger partial charge in [0.1, 0.15) is 0 Å². The molecule has 0 N–H and O–H groups in total. The molecule has 2 aliphatic rings. The van der Waals surface area contributed by atoms with Gasteiger partial charge in [-0.15, -0.1) is 66.5 Å². The third-order valence-electron chi connectivity index (χ3n) is 7.24. The first-order chi connectivity index (χ1) is 13.5. The molecule has 6 atom stereocenters. The molecule has 2 saturated carbocycles. The van der Waals surface area contributed by atoms with Crippen LogP contribution >= 0.6 is 66.5 Å². The van der Waals surface area contributed by atoms with Gasteiger partial charge in [-0.05, 0) is 23.7 Å². The first-order valence-corrected chi connectivity index (χ1v) is 21.9. The highest BCUT2D eigenvalue weighted by atomic mass is 35.8. The van der Waals surface area contributed by atoms with Gasteiger partial charge in [-0.1, -0.05) is 98.3 Å². The molecule has 0 amide bonds. The Hall–Kier alpha value is 2.17. The van der Waals surface area contributed by atoms with Gasteiger partial charge in [-0.3, -0.25) is 0 Å². The van der Waals surface area contributed by atoms with Gasteiger partial charge in [0, 0.05) is 11.1 Å². The van der Waals surface area contributed by atoms with Gasteiger partial charge in [0.2, 0.25) is 0 Å². The van der Waals surface area contributed by atoms with Crippen LogP contribution in [0.15, 0.2) is 0 Å². The highest BCUT2D eigenvalue weighted by Crippen LogP contribution is 2.55. The summed E-state index contributed by atoms with van der Waals surface area (Å²) in [5.74, 6) is 2.72. The molecule has 6 unspecified atom stereocenters. The summed E-state index contributed by atoms with van der Waals surface area (Å²) in [6, 6.07) is -5.00. The molecule has 2 aliphatic carbocycles. The smallest absolute Gasteiger partial charge is 0.126 e. The molecule has 29 heavy (non-hydrogen) atoms. The van der Waals surface area contributed by atoms with E-state index in [4.69, 9.17) is 66.5 Å². The number of rotatable bonds is 9. The Balaban J connectivity index is 0.000000291. The van der Waals surface area contributed by atoms with Crippen molar-refractivity contribution in [2.45, 2.75) is 109 Å². The van der Waals surface area contributed by atoms with E-state index in [9.17, 15) is 0 Å². The second-order valence-electron chi connectivity index (χ2n) is 9.08. The Bertz CT molecular complexity index is 451. The summed E-state index contributed by atoms with van der Waals surface area (Å²) in [7, 11) is 0. The van der Waals surface area contributed by atoms with E-state index < -0.39 is 12.0 Å². The molecule has 0 aromatic rings. The molecular formula is C21H40Cl6Si2. The highest BCUT2D eigenvalue weighted by molar-refractivity contribution is 7.65. The van der Waals surface area contributed by atoms with Crippen molar-refractivity contribution in [3.05, 3.63) is 0 Å². The van der Waals surface area contributed by atoms with E-state index in [1.54, 1.807) is 0 Å². The lowest BCUT2D eigenvalue weighted by atomic mass is 9.97. The standard InChI is InChI=1S/C11H21Cl3Si.C10H19Cl3Si/c1-3-5-6-10-8-7-9(4-2)11(10)15(12,13)14;1-3-5-9-7-6-8(4-2)10(9)14(11,12)13/h9-11H,3-8H2,1-2H3;8-10H,3-7H2,1-2H3. The molecule has 0 nitrogen and oxygen atoms in total. The topological polar surface area (TPSA) is 0 Å². The molecule has 2 fully saturated rings. The van der Waals surface area contributed by atoms with Gasteiger partial charge in [-0.25, -0.2) is 0 Å². The fourth-order valence-corrected chi connectivity index (χ4v) is 15.8. The number of unbranched alkanes of at least 4 members (excludes halogenated alkanes) is 1. The van der Waals surface area contributed by atoms with Gasteiger partial charge in [-0.2, -0.15) is 0 Å². The van der Waals surface area contributed by atoms with Crippen LogP contribution in [0.2, 0.25) is 11.1 Å². The molecule has 0 aromatic carbocycles. The van der Waals surface area contributed by atoms with Crippen molar-refractivity contribution in [1.82, 2.24) is 0 Å². The summed E-state index contributed by atoms with van der Waals surface area (Å²) < 4.78 is 0. The second kappa shape index (κ2) is 13.8. The predicted molar refractivity (Wildman–Crippen MR) is 142 cm³/mol. The SMILES string of the molecule is CCCC1CCC(CC)C1[Si](Cl)(Cl)Cl.CCCCC1CCC(CC)C1[Si](Cl)(Cl)Cl. The number of hydrogen-bond donors (Lipinski definition) is 0. The van der Waals surface area contributed by atoms with Gasteiger partial charge < -0.3 is 0 Å². The molecule has 8 heteroatoms. The summed E-state index contributed by atoms with van der Waals surface area (Å²) in [5, 5.41) is 0. The Morgan fingerprint density at radius 1 is 0.552 bits per heavy atom. The van der Waals surface area contributed by atoms with Crippen LogP contribution in [-0.2, 0) is 0 Å². The molecule has 174 valence electrons. The average molecular weight is 561 g/mol. The second-order valence-corrected chi connectivity index (χ2v) is 26.8. The minimum Gasteiger partial charge on any atom is -0.126 e. The van der Waals surface area contributed by atoms with Crippen LogP contribution < -0.4 is 0 Å². The van der Waals surface area contributed by atoms with Crippen molar-refractivity contribution in [3.63, 3.8) is 0 Å². The van der Waals surface area contributed by atoms with E-state index >= 15 is 0 Å². The quantitative estimate of drug-likeness (QED) is 0.194. The van der Waals surface area contributed by atoms with Crippen molar-refractivity contribution in [2.24, 2.45) is 23.7 Å². The molecular weight excluding hydrogens is 521 g/mol. The maximum absolute atomic E-state index is 6.26. The fourth-order valence-electron chi connectivity index (χ4n) is 5.81. The Morgan fingerprint density at radius 3 is 1.24 bits per heavy atom. The molecule has 0 bridgehead atoms. The summed E-state index contributed by atoms with van der Waals surface area (Å²) >= 11 is 37.4. The Kier molecular flexibility index (Phi) is 13.9. The van der Waals surface area contributed by atoms with Gasteiger partial charge in [0.05, 0.1) is 0 Å². The van der Waals surface area contributed by atoms with Crippen LogP contribution in [0.3, 0.4) is 0 Å². The normalized spacial score (nSPS) is 32.9. The maximum atomic E-state index is 6.26. The molecule has 2 rings (SSSR count). The first kappa shape index (κ1) is 29.2. The highest BCUT2D eigenvalue weighted by Gasteiger charge is 2.49. The summed E-state index contributed by atoms with van der Waals surface area (Å²) in [6.45, 7) is 8.89. The lowest BCUT2D eigenvalue weighted by molar-refractivity contribution is 0.440. The lowest BCUT2D eigenvalue weighted by Crippen LogP contribution is -2.27. The zero-order chi connectivity index (χ0) is 22.2. The Morgan fingerprint density at radius 2 is 0.931 bits per heavy atom. The van der Waals surface area contributed by atoms with Crippen LogP contribution in [0.25, 0.3) is 0 Å². The van der Waals surface area contributed by atoms with E-state index in [0.29, 0.717) is 34.8 Å². The molecule has 0 heterocycles. The summed E-state index contributed by atoms with van der Waals surface area (Å²) in [4.78, 5) is 0. The van der Waals surface area contributed by atoms with E-state index in [1.807, 2.05) is 0 Å². The largest absolute Gasteiger partial charge is 0.344 e. The fraction of sp³-hybridized carbons (Fsp3) is 1.00. The zero-order valence-corrected chi connectivity index (χ0v) is 25.0. The third kappa shape index (κ3) is 9.15. The van der Waals surface area contributed by atoms with Gasteiger partial charge in [0.15, 0.2) is 0 Å². The minimum absolute atomic E-state index is 0.414. The molecule has 0 spiro atoms. The van der Waals surface area contributed by atoms with Crippen LogP contribution in [0.1, 0.15) is 98.3 Å². The van der Waals surface area contributed by atoms with Crippen molar-refractivity contribution in [1.29, 1.82) is 0 Å². The minimum atomic E-state index is -2.50. The maximum Gasteiger partial charge on any atom is 0.344 e. The molecule has 0 aliphatic heterocycles. The monoisotopic (exact) mass is 558 g/mol. The van der Waals surface area contributed by atoms with Crippen molar-refractivity contribution < 1.29 is 0 Å². The van der Waals surface area contributed by atoms with E-state index in [0.717, 1.165) is 0 Å². The molecule has 0 aromatic heterocycles. The predicted octanol–water partition coefficient (Wildman–Crippen LogP) is 10.9. The van der Waals surface area contributed by atoms with Crippen molar-refractivity contribution in [3.8, 4) is 0 Å². The first-order valence-electron chi connectivity index (χ1n) is 11.6. The van der Waals surface area contributed by atoms with Crippen molar-refractivity contribution in [2.75, 3.05) is 0 Å². The van der Waals surface area contributed by atoms with E-state index in [2.05, 4.69) is 27.7 Å². The lowest BCUT2D eigenvalue weighted by Gasteiger charge is -2.28. The Labute approximate surface area is 210 Å². The van der Waals surface area contributed by atoms with Crippen LogP contribution in [0.4, 0.5) is 0 Å². The number of hydrogen-bond acceptors (Lipinski definition) is 0.